The van der Waals surface area contributed by atoms with Crippen molar-refractivity contribution >= 4 is 22.6 Å². The third-order valence-corrected chi connectivity index (χ3v) is 4.31. The molecule has 0 unspecified atom stereocenters. The second kappa shape index (κ2) is 5.83. The molecule has 0 fully saturated rings. The largest absolute Gasteiger partial charge is 0.328 e. The van der Waals surface area contributed by atoms with E-state index in [-0.39, 0.29) is 5.91 Å². The molecule has 3 heterocycles. The predicted molar refractivity (Wildman–Crippen MR) is 89.5 cm³/mol. The first-order valence-corrected chi connectivity index (χ1v) is 8.02. The summed E-state index contributed by atoms with van der Waals surface area (Å²) in [5.74, 6) is 1.03. The molecule has 0 atom stereocenters. The van der Waals surface area contributed by atoms with Crippen LogP contribution in [0.4, 0.5) is 5.69 Å². The summed E-state index contributed by atoms with van der Waals surface area (Å²) in [6.45, 7) is 1.04. The van der Waals surface area contributed by atoms with Crippen LogP contribution in [-0.2, 0) is 13.0 Å². The number of carbonyl (C=O) groups is 1. The van der Waals surface area contributed by atoms with Crippen LogP contribution in [0.2, 0.25) is 0 Å². The first kappa shape index (κ1) is 13.9. The van der Waals surface area contributed by atoms with Gasteiger partial charge in [0.05, 0.1) is 11.0 Å². The van der Waals surface area contributed by atoms with E-state index in [2.05, 4.69) is 20.9 Å². The van der Waals surface area contributed by atoms with Gasteiger partial charge in [0.2, 0.25) is 0 Å². The lowest BCUT2D eigenvalue weighted by Crippen LogP contribution is -2.11. The number of pyridine rings is 1. The van der Waals surface area contributed by atoms with Gasteiger partial charge in [0.25, 0.3) is 5.91 Å². The third-order valence-electron chi connectivity index (χ3n) is 4.31. The van der Waals surface area contributed by atoms with Crippen LogP contribution in [0.3, 0.4) is 0 Å². The van der Waals surface area contributed by atoms with E-state index >= 15 is 0 Å². The van der Waals surface area contributed by atoms with Gasteiger partial charge in [-0.2, -0.15) is 0 Å². The maximum absolute atomic E-state index is 12.2. The van der Waals surface area contributed by atoms with Gasteiger partial charge in [-0.15, -0.1) is 0 Å². The van der Waals surface area contributed by atoms with Crippen molar-refractivity contribution in [2.75, 3.05) is 5.32 Å². The molecule has 1 amide bonds. The summed E-state index contributed by atoms with van der Waals surface area (Å²) in [6.07, 6.45) is 7.95. The van der Waals surface area contributed by atoms with Crippen LogP contribution in [0.15, 0.2) is 42.7 Å². The highest BCUT2D eigenvalue weighted by Crippen LogP contribution is 2.24. The highest BCUT2D eigenvalue weighted by Gasteiger charge is 2.14. The smallest absolute Gasteiger partial charge is 0.255 e. The number of anilines is 1. The number of aromatic nitrogens is 3. The molecule has 5 heteroatoms. The number of nitrogens with one attached hydrogen (secondary N) is 1. The van der Waals surface area contributed by atoms with Crippen molar-refractivity contribution in [3.05, 3.63) is 54.1 Å². The molecule has 1 aliphatic heterocycles. The second-order valence-corrected chi connectivity index (χ2v) is 5.88. The summed E-state index contributed by atoms with van der Waals surface area (Å²) in [5, 5.41) is 2.93. The average molecular weight is 306 g/mol. The fourth-order valence-electron chi connectivity index (χ4n) is 3.13. The number of aryl methyl sites for hydroxylation is 2. The molecule has 1 N–H and O–H groups in total. The Morgan fingerprint density at radius 2 is 1.96 bits per heavy atom. The van der Waals surface area contributed by atoms with Crippen molar-refractivity contribution in [1.82, 2.24) is 14.5 Å². The van der Waals surface area contributed by atoms with Crippen LogP contribution in [0.1, 0.15) is 35.4 Å². The number of rotatable bonds is 2. The highest BCUT2D eigenvalue weighted by molar-refractivity contribution is 6.04. The molecule has 23 heavy (non-hydrogen) atoms. The van der Waals surface area contributed by atoms with Gasteiger partial charge in [-0.3, -0.25) is 9.78 Å². The Morgan fingerprint density at radius 3 is 2.83 bits per heavy atom. The second-order valence-electron chi connectivity index (χ2n) is 5.88. The third kappa shape index (κ3) is 2.70. The van der Waals surface area contributed by atoms with E-state index in [9.17, 15) is 4.79 Å². The summed E-state index contributed by atoms with van der Waals surface area (Å²) >= 11 is 0. The highest BCUT2D eigenvalue weighted by atomic mass is 16.1. The Balaban J connectivity index is 1.63. The number of imidazole rings is 1. The standard InChI is InChI=1S/C18H18N4O/c23-18(13-7-9-19-10-8-13)20-14-5-6-16-15(12-14)21-17-4-2-1-3-11-22(16)17/h5-10,12H,1-4,11H2,(H,20,23). The summed E-state index contributed by atoms with van der Waals surface area (Å²) in [4.78, 5) is 20.9. The van der Waals surface area contributed by atoms with Crippen LogP contribution in [0.5, 0.6) is 0 Å². The zero-order chi connectivity index (χ0) is 15.6. The lowest BCUT2D eigenvalue weighted by atomic mass is 10.2. The minimum Gasteiger partial charge on any atom is -0.328 e. The molecule has 0 saturated carbocycles. The number of hydrogen-bond acceptors (Lipinski definition) is 3. The first-order chi connectivity index (χ1) is 11.3. The van der Waals surface area contributed by atoms with Gasteiger partial charge in [0.1, 0.15) is 5.82 Å². The molecule has 0 radical (unpaired) electrons. The summed E-state index contributed by atoms with van der Waals surface area (Å²) < 4.78 is 2.32. The van der Waals surface area contributed by atoms with Crippen molar-refractivity contribution in [2.24, 2.45) is 0 Å². The minimum atomic E-state index is -0.132. The van der Waals surface area contributed by atoms with E-state index in [1.807, 2.05) is 12.1 Å². The molecule has 5 nitrogen and oxygen atoms in total. The maximum Gasteiger partial charge on any atom is 0.255 e. The lowest BCUT2D eigenvalue weighted by molar-refractivity contribution is 0.102. The maximum atomic E-state index is 12.2. The number of carbonyl (C=O) groups excluding carboxylic acids is 1. The number of nitrogens with zero attached hydrogens (tertiary/aromatic N) is 3. The SMILES string of the molecule is O=C(Nc1ccc2c(c1)nc1n2CCCCC1)c1ccncc1. The molecule has 3 aromatic rings. The predicted octanol–water partition coefficient (Wildman–Crippen LogP) is 3.41. The zero-order valence-corrected chi connectivity index (χ0v) is 12.8. The molecular weight excluding hydrogens is 288 g/mol. The Kier molecular flexibility index (Phi) is 3.54. The molecule has 0 bridgehead atoms. The summed E-state index contributed by atoms with van der Waals surface area (Å²) in [5.41, 5.74) is 3.48. The molecule has 116 valence electrons. The van der Waals surface area contributed by atoms with Gasteiger partial charge in [-0.1, -0.05) is 6.42 Å². The molecule has 0 saturated heterocycles. The molecule has 1 aliphatic rings. The Morgan fingerprint density at radius 1 is 1.09 bits per heavy atom. The quantitative estimate of drug-likeness (QED) is 0.789. The van der Waals surface area contributed by atoms with Crippen molar-refractivity contribution in [3.8, 4) is 0 Å². The fourth-order valence-corrected chi connectivity index (χ4v) is 3.13. The summed E-state index contributed by atoms with van der Waals surface area (Å²) in [7, 11) is 0. The van der Waals surface area contributed by atoms with Crippen molar-refractivity contribution in [3.63, 3.8) is 0 Å². The molecule has 0 spiro atoms. The van der Waals surface area contributed by atoms with E-state index in [4.69, 9.17) is 4.98 Å². The van der Waals surface area contributed by atoms with Crippen molar-refractivity contribution in [2.45, 2.75) is 32.2 Å². The topological polar surface area (TPSA) is 59.8 Å². The molecule has 1 aromatic carbocycles. The van der Waals surface area contributed by atoms with Gasteiger partial charge in [-0.25, -0.2) is 4.98 Å². The van der Waals surface area contributed by atoms with Crippen LogP contribution in [0, 0.1) is 0 Å². The first-order valence-electron chi connectivity index (χ1n) is 8.02. The van der Waals surface area contributed by atoms with E-state index < -0.39 is 0 Å². The molecule has 0 aliphatic carbocycles. The number of amides is 1. The fraction of sp³-hybridized carbons (Fsp3) is 0.278. The monoisotopic (exact) mass is 306 g/mol. The summed E-state index contributed by atoms with van der Waals surface area (Å²) in [6, 6.07) is 9.36. The number of hydrogen-bond donors (Lipinski definition) is 1. The van der Waals surface area contributed by atoms with E-state index in [0.717, 1.165) is 35.5 Å². The van der Waals surface area contributed by atoms with Gasteiger partial charge in [0.15, 0.2) is 0 Å². The molecule has 2 aromatic heterocycles. The molecule has 4 rings (SSSR count). The Hall–Kier alpha value is -2.69. The van der Waals surface area contributed by atoms with Crippen molar-refractivity contribution < 1.29 is 4.79 Å². The zero-order valence-electron chi connectivity index (χ0n) is 12.8. The average Bonchev–Trinajstić information content (AvgIpc) is 2.76. The van der Waals surface area contributed by atoms with E-state index in [1.165, 1.54) is 19.3 Å². The van der Waals surface area contributed by atoms with Crippen LogP contribution < -0.4 is 5.32 Å². The van der Waals surface area contributed by atoms with Gasteiger partial charge >= 0.3 is 0 Å². The Bertz CT molecular complexity index is 854. The Labute approximate surface area is 134 Å². The van der Waals surface area contributed by atoms with Crippen LogP contribution in [0.25, 0.3) is 11.0 Å². The lowest BCUT2D eigenvalue weighted by Gasteiger charge is -2.06. The van der Waals surface area contributed by atoms with E-state index in [0.29, 0.717) is 5.56 Å². The van der Waals surface area contributed by atoms with Crippen molar-refractivity contribution in [1.29, 1.82) is 0 Å². The number of fused-ring (bicyclic) bond motifs is 3. The molecular formula is C18H18N4O. The minimum absolute atomic E-state index is 0.132. The van der Waals surface area contributed by atoms with E-state index in [1.54, 1.807) is 24.5 Å². The number of benzene rings is 1. The van der Waals surface area contributed by atoms with Gasteiger partial charge in [-0.05, 0) is 43.2 Å². The van der Waals surface area contributed by atoms with Crippen LogP contribution in [-0.4, -0.2) is 20.4 Å². The van der Waals surface area contributed by atoms with Crippen LogP contribution >= 0.6 is 0 Å². The van der Waals surface area contributed by atoms with Gasteiger partial charge in [0, 0.05) is 36.6 Å². The normalized spacial score (nSPS) is 14.3. The van der Waals surface area contributed by atoms with Gasteiger partial charge < -0.3 is 9.88 Å².